The number of aliphatic hydroxyl groups is 1. The lowest BCUT2D eigenvalue weighted by Crippen LogP contribution is -2.37. The second-order valence-electron chi connectivity index (χ2n) is 5.60. The zero-order chi connectivity index (χ0) is 14.6. The molecule has 0 saturated heterocycles. The van der Waals surface area contributed by atoms with Crippen LogP contribution < -0.4 is 0 Å². The van der Waals surface area contributed by atoms with Gasteiger partial charge in [0.25, 0.3) is 0 Å². The largest absolute Gasteiger partial charge is 0.481 e. The van der Waals surface area contributed by atoms with E-state index >= 15 is 0 Å². The van der Waals surface area contributed by atoms with Gasteiger partial charge in [-0.05, 0) is 30.4 Å². The first-order valence-corrected chi connectivity index (χ1v) is 6.86. The molecule has 1 aromatic carbocycles. The molecule has 19 heavy (non-hydrogen) atoms. The Hall–Kier alpha value is -1.35. The van der Waals surface area contributed by atoms with Crippen LogP contribution in [0.2, 0.25) is 0 Å². The van der Waals surface area contributed by atoms with Crippen molar-refractivity contribution in [2.24, 2.45) is 5.92 Å². The van der Waals surface area contributed by atoms with Crippen molar-refractivity contribution < 1.29 is 15.0 Å². The van der Waals surface area contributed by atoms with Gasteiger partial charge in [0.2, 0.25) is 0 Å². The number of carboxylic acids is 1. The van der Waals surface area contributed by atoms with Crippen molar-refractivity contribution in [3.05, 3.63) is 35.4 Å². The minimum Gasteiger partial charge on any atom is -0.481 e. The lowest BCUT2D eigenvalue weighted by molar-refractivity contribution is -0.152. The fraction of sp³-hybridized carbons (Fsp3) is 0.562. The third-order valence-corrected chi connectivity index (χ3v) is 3.72. The van der Waals surface area contributed by atoms with Crippen molar-refractivity contribution in [1.82, 2.24) is 0 Å². The normalized spacial score (nSPS) is 16.1. The first-order valence-electron chi connectivity index (χ1n) is 6.86. The minimum absolute atomic E-state index is 0.421. The summed E-state index contributed by atoms with van der Waals surface area (Å²) in [6.07, 6.45) is 1.20. The van der Waals surface area contributed by atoms with Gasteiger partial charge in [0.15, 0.2) is 0 Å². The number of carboxylic acid groups (broad SMARTS) is 1. The summed E-state index contributed by atoms with van der Waals surface area (Å²) in [7, 11) is 0. The summed E-state index contributed by atoms with van der Waals surface area (Å²) >= 11 is 0. The van der Waals surface area contributed by atoms with E-state index in [4.69, 9.17) is 0 Å². The van der Waals surface area contributed by atoms with Crippen molar-refractivity contribution in [2.45, 2.75) is 52.1 Å². The highest BCUT2D eigenvalue weighted by molar-refractivity contribution is 5.72. The molecule has 1 rings (SSSR count). The highest BCUT2D eigenvalue weighted by Crippen LogP contribution is 2.33. The molecule has 0 aliphatic heterocycles. The van der Waals surface area contributed by atoms with E-state index in [0.717, 1.165) is 6.42 Å². The molecule has 2 unspecified atom stereocenters. The van der Waals surface area contributed by atoms with Gasteiger partial charge in [0.05, 0.1) is 5.92 Å². The summed E-state index contributed by atoms with van der Waals surface area (Å²) in [5, 5.41) is 19.9. The quantitative estimate of drug-likeness (QED) is 0.826. The van der Waals surface area contributed by atoms with Crippen LogP contribution >= 0.6 is 0 Å². The number of benzene rings is 1. The second kappa shape index (κ2) is 6.20. The van der Waals surface area contributed by atoms with Crippen LogP contribution in [-0.4, -0.2) is 16.2 Å². The summed E-state index contributed by atoms with van der Waals surface area (Å²) in [6.45, 7) is 7.72. The molecule has 0 aliphatic rings. The number of hydrogen-bond donors (Lipinski definition) is 2. The van der Waals surface area contributed by atoms with E-state index in [9.17, 15) is 15.0 Å². The summed E-state index contributed by atoms with van der Waals surface area (Å²) in [5.41, 5.74) is 0.511. The molecule has 1 aromatic rings. The standard InChI is InChI=1S/C16H24O3/c1-5-6-14(15(17)18)16(4,19)13-9-7-12(8-10-13)11(2)3/h7-11,14,19H,5-6H2,1-4H3,(H,17,18). The van der Waals surface area contributed by atoms with Crippen LogP contribution in [0.3, 0.4) is 0 Å². The van der Waals surface area contributed by atoms with Gasteiger partial charge in [0, 0.05) is 0 Å². The number of aliphatic carboxylic acids is 1. The number of rotatable bonds is 6. The minimum atomic E-state index is -1.34. The molecule has 0 saturated carbocycles. The second-order valence-corrected chi connectivity index (χ2v) is 5.60. The highest BCUT2D eigenvalue weighted by Gasteiger charge is 2.38. The van der Waals surface area contributed by atoms with Crippen molar-refractivity contribution in [2.75, 3.05) is 0 Å². The molecule has 0 amide bonds. The van der Waals surface area contributed by atoms with Gasteiger partial charge in [-0.15, -0.1) is 0 Å². The molecule has 0 bridgehead atoms. The van der Waals surface area contributed by atoms with Crippen molar-refractivity contribution in [3.8, 4) is 0 Å². The van der Waals surface area contributed by atoms with Crippen LogP contribution in [-0.2, 0) is 10.4 Å². The van der Waals surface area contributed by atoms with E-state index in [1.807, 2.05) is 31.2 Å². The maximum Gasteiger partial charge on any atom is 0.309 e. The van der Waals surface area contributed by atoms with Gasteiger partial charge < -0.3 is 10.2 Å². The lowest BCUT2D eigenvalue weighted by atomic mass is 9.80. The Morgan fingerprint density at radius 2 is 1.79 bits per heavy atom. The van der Waals surface area contributed by atoms with Crippen LogP contribution in [0.1, 0.15) is 57.6 Å². The molecular formula is C16H24O3. The Morgan fingerprint density at radius 3 is 2.16 bits per heavy atom. The molecule has 2 atom stereocenters. The molecule has 0 radical (unpaired) electrons. The van der Waals surface area contributed by atoms with E-state index < -0.39 is 17.5 Å². The predicted molar refractivity (Wildman–Crippen MR) is 76.1 cm³/mol. The van der Waals surface area contributed by atoms with E-state index in [1.54, 1.807) is 6.92 Å². The van der Waals surface area contributed by atoms with Crippen LogP contribution in [0.4, 0.5) is 0 Å². The molecule has 2 N–H and O–H groups in total. The average molecular weight is 264 g/mol. The average Bonchev–Trinajstić information content (AvgIpc) is 2.35. The van der Waals surface area contributed by atoms with Crippen LogP contribution in [0.25, 0.3) is 0 Å². The zero-order valence-electron chi connectivity index (χ0n) is 12.2. The first kappa shape index (κ1) is 15.7. The van der Waals surface area contributed by atoms with Crippen LogP contribution in [0, 0.1) is 5.92 Å². The van der Waals surface area contributed by atoms with Crippen LogP contribution in [0.15, 0.2) is 24.3 Å². The maximum absolute atomic E-state index is 11.3. The summed E-state index contributed by atoms with van der Waals surface area (Å²) in [6, 6.07) is 7.58. The molecule has 3 nitrogen and oxygen atoms in total. The monoisotopic (exact) mass is 264 g/mol. The van der Waals surface area contributed by atoms with Crippen molar-refractivity contribution >= 4 is 5.97 Å². The smallest absolute Gasteiger partial charge is 0.309 e. The molecule has 0 heterocycles. The molecule has 0 aliphatic carbocycles. The number of carbonyl (C=O) groups is 1. The Morgan fingerprint density at radius 1 is 1.26 bits per heavy atom. The van der Waals surface area contributed by atoms with E-state index in [2.05, 4.69) is 13.8 Å². The predicted octanol–water partition coefficient (Wildman–Crippen LogP) is 3.52. The molecule has 0 aromatic heterocycles. The van der Waals surface area contributed by atoms with E-state index in [0.29, 0.717) is 17.9 Å². The Bertz CT molecular complexity index is 418. The van der Waals surface area contributed by atoms with Gasteiger partial charge in [0.1, 0.15) is 5.60 Å². The van der Waals surface area contributed by atoms with Gasteiger partial charge in [-0.2, -0.15) is 0 Å². The Kier molecular flexibility index (Phi) is 5.12. The van der Waals surface area contributed by atoms with Gasteiger partial charge >= 0.3 is 5.97 Å². The first-order chi connectivity index (χ1) is 8.80. The highest BCUT2D eigenvalue weighted by atomic mass is 16.4. The van der Waals surface area contributed by atoms with Gasteiger partial charge in [-0.3, -0.25) is 4.79 Å². The van der Waals surface area contributed by atoms with Gasteiger partial charge in [-0.1, -0.05) is 51.5 Å². The van der Waals surface area contributed by atoms with E-state index in [1.165, 1.54) is 5.56 Å². The Balaban J connectivity index is 3.06. The molecule has 3 heteroatoms. The molecule has 0 fully saturated rings. The van der Waals surface area contributed by atoms with E-state index in [-0.39, 0.29) is 0 Å². The van der Waals surface area contributed by atoms with Crippen molar-refractivity contribution in [1.29, 1.82) is 0 Å². The molecular weight excluding hydrogens is 240 g/mol. The summed E-state index contributed by atoms with van der Waals surface area (Å²) < 4.78 is 0. The topological polar surface area (TPSA) is 57.5 Å². The maximum atomic E-state index is 11.3. The lowest BCUT2D eigenvalue weighted by Gasteiger charge is -2.30. The molecule has 0 spiro atoms. The van der Waals surface area contributed by atoms with Crippen LogP contribution in [0.5, 0.6) is 0 Å². The van der Waals surface area contributed by atoms with Crippen molar-refractivity contribution in [3.63, 3.8) is 0 Å². The van der Waals surface area contributed by atoms with Gasteiger partial charge in [-0.25, -0.2) is 0 Å². The fourth-order valence-corrected chi connectivity index (χ4v) is 2.34. The zero-order valence-corrected chi connectivity index (χ0v) is 12.2. The SMILES string of the molecule is CCCC(C(=O)O)C(C)(O)c1ccc(C(C)C)cc1. The third kappa shape index (κ3) is 3.57. The third-order valence-electron chi connectivity index (χ3n) is 3.72. The fourth-order valence-electron chi connectivity index (χ4n) is 2.34. The Labute approximate surface area is 115 Å². The summed E-state index contributed by atoms with van der Waals surface area (Å²) in [4.78, 5) is 11.3. The number of hydrogen-bond acceptors (Lipinski definition) is 2. The summed E-state index contributed by atoms with van der Waals surface area (Å²) in [5.74, 6) is -1.30. The molecule has 106 valence electrons.